The van der Waals surface area contributed by atoms with Crippen LogP contribution >= 0.6 is 0 Å². The molecule has 0 radical (unpaired) electrons. The topological polar surface area (TPSA) is 60.3 Å². The molecule has 23 heavy (non-hydrogen) atoms. The van der Waals surface area contributed by atoms with Crippen LogP contribution in [0.15, 0.2) is 72.1 Å². The second kappa shape index (κ2) is 7.70. The van der Waals surface area contributed by atoms with Crippen LogP contribution in [-0.2, 0) is 6.54 Å². The predicted octanol–water partition coefficient (Wildman–Crippen LogP) is -0.119. The van der Waals surface area contributed by atoms with Crippen molar-refractivity contribution in [1.29, 1.82) is 5.26 Å². The molecule has 5 heteroatoms. The zero-order valence-corrected chi connectivity index (χ0v) is 14.4. The maximum Gasteiger partial charge on any atom is 0.194 e. The van der Waals surface area contributed by atoms with Gasteiger partial charge in [-0.2, -0.15) is 9.83 Å². The van der Waals surface area contributed by atoms with E-state index in [4.69, 9.17) is 5.26 Å². The highest BCUT2D eigenvalue weighted by Gasteiger charge is 2.12. The fourth-order valence-corrected chi connectivity index (χ4v) is 2.41. The van der Waals surface area contributed by atoms with Gasteiger partial charge in [0, 0.05) is 11.6 Å². The van der Waals surface area contributed by atoms with Gasteiger partial charge >= 0.3 is 0 Å². The SMILES string of the molecule is N#Cc1ccc[n+](C/C(=N/O)c2ccc3ccccc3c2)c1.[I-]. The summed E-state index contributed by atoms with van der Waals surface area (Å²) < 4.78 is 1.82. The van der Waals surface area contributed by atoms with Gasteiger partial charge in [-0.3, -0.25) is 0 Å². The van der Waals surface area contributed by atoms with E-state index in [1.807, 2.05) is 53.2 Å². The van der Waals surface area contributed by atoms with E-state index in [-0.39, 0.29) is 24.0 Å². The summed E-state index contributed by atoms with van der Waals surface area (Å²) in [5, 5.41) is 24.0. The molecule has 3 aromatic rings. The number of oxime groups is 1. The van der Waals surface area contributed by atoms with Crippen LogP contribution < -0.4 is 28.5 Å². The lowest BCUT2D eigenvalue weighted by molar-refractivity contribution is -0.682. The molecule has 0 spiro atoms. The van der Waals surface area contributed by atoms with Crippen molar-refractivity contribution >= 4 is 16.5 Å². The van der Waals surface area contributed by atoms with Gasteiger partial charge in [-0.25, -0.2) is 0 Å². The van der Waals surface area contributed by atoms with E-state index < -0.39 is 0 Å². The summed E-state index contributed by atoms with van der Waals surface area (Å²) >= 11 is 0. The van der Waals surface area contributed by atoms with Gasteiger partial charge in [-0.05, 0) is 22.9 Å². The minimum Gasteiger partial charge on any atom is -1.00 e. The molecule has 2 aromatic carbocycles. The largest absolute Gasteiger partial charge is 1.00 e. The van der Waals surface area contributed by atoms with Gasteiger partial charge in [0.1, 0.15) is 11.6 Å². The lowest BCUT2D eigenvalue weighted by Gasteiger charge is -2.04. The van der Waals surface area contributed by atoms with Crippen LogP contribution in [-0.4, -0.2) is 10.9 Å². The lowest BCUT2D eigenvalue weighted by Crippen LogP contribution is -3.00. The summed E-state index contributed by atoms with van der Waals surface area (Å²) in [4.78, 5) is 0. The molecule has 0 unspecified atom stereocenters. The Hall–Kier alpha value is -2.46. The van der Waals surface area contributed by atoms with E-state index in [1.54, 1.807) is 18.3 Å². The van der Waals surface area contributed by atoms with Crippen molar-refractivity contribution in [1.82, 2.24) is 0 Å². The number of nitriles is 1. The molecule has 0 amide bonds. The average molecular weight is 415 g/mol. The zero-order chi connectivity index (χ0) is 15.4. The second-order valence-corrected chi connectivity index (χ2v) is 4.99. The Balaban J connectivity index is 0.00000192. The van der Waals surface area contributed by atoms with Crippen molar-refractivity contribution in [3.05, 3.63) is 78.1 Å². The first-order chi connectivity index (χ1) is 10.8. The Labute approximate surface area is 151 Å². The number of halogens is 1. The normalized spacial score (nSPS) is 10.8. The molecule has 4 nitrogen and oxygen atoms in total. The predicted molar refractivity (Wildman–Crippen MR) is 83.6 cm³/mol. The third kappa shape index (κ3) is 3.85. The quantitative estimate of drug-likeness (QED) is 0.213. The molecular formula is C18H14IN3O. The molecular weight excluding hydrogens is 401 g/mol. The fourth-order valence-electron chi connectivity index (χ4n) is 2.41. The number of nitrogens with zero attached hydrogens (tertiary/aromatic N) is 3. The van der Waals surface area contributed by atoms with Crippen molar-refractivity contribution in [3.8, 4) is 6.07 Å². The van der Waals surface area contributed by atoms with Crippen LogP contribution in [0.25, 0.3) is 10.8 Å². The molecule has 0 saturated heterocycles. The van der Waals surface area contributed by atoms with E-state index >= 15 is 0 Å². The molecule has 1 N–H and O–H groups in total. The van der Waals surface area contributed by atoms with E-state index in [9.17, 15) is 5.21 Å². The summed E-state index contributed by atoms with van der Waals surface area (Å²) in [6.45, 7) is 0.393. The Bertz CT molecular complexity index is 900. The van der Waals surface area contributed by atoms with Crippen LogP contribution in [0.2, 0.25) is 0 Å². The van der Waals surface area contributed by atoms with Crippen molar-refractivity contribution < 1.29 is 33.8 Å². The van der Waals surface area contributed by atoms with E-state index in [0.29, 0.717) is 17.8 Å². The van der Waals surface area contributed by atoms with Crippen LogP contribution in [0.4, 0.5) is 0 Å². The summed E-state index contributed by atoms with van der Waals surface area (Å²) in [5.41, 5.74) is 1.97. The highest BCUT2D eigenvalue weighted by molar-refractivity contribution is 6.02. The maximum atomic E-state index is 9.35. The van der Waals surface area contributed by atoms with E-state index in [0.717, 1.165) is 16.3 Å². The van der Waals surface area contributed by atoms with Crippen LogP contribution in [0.3, 0.4) is 0 Å². The third-order valence-corrected chi connectivity index (χ3v) is 3.52. The van der Waals surface area contributed by atoms with Crippen molar-refractivity contribution in [3.63, 3.8) is 0 Å². The Morgan fingerprint density at radius 3 is 2.61 bits per heavy atom. The van der Waals surface area contributed by atoms with Gasteiger partial charge in [0.2, 0.25) is 0 Å². The van der Waals surface area contributed by atoms with Gasteiger partial charge in [-0.1, -0.05) is 41.6 Å². The monoisotopic (exact) mass is 415 g/mol. The van der Waals surface area contributed by atoms with Crippen LogP contribution in [0, 0.1) is 11.3 Å². The van der Waals surface area contributed by atoms with Crippen LogP contribution in [0.5, 0.6) is 0 Å². The number of hydrogen-bond donors (Lipinski definition) is 1. The maximum absolute atomic E-state index is 9.35. The molecule has 0 saturated carbocycles. The van der Waals surface area contributed by atoms with Gasteiger partial charge in [0.25, 0.3) is 0 Å². The molecule has 0 atom stereocenters. The first kappa shape index (κ1) is 16.9. The summed E-state index contributed by atoms with van der Waals surface area (Å²) in [6, 6.07) is 19.6. The van der Waals surface area contributed by atoms with Crippen molar-refractivity contribution in [2.24, 2.45) is 5.16 Å². The minimum atomic E-state index is 0. The zero-order valence-electron chi connectivity index (χ0n) is 12.2. The number of rotatable bonds is 3. The number of benzene rings is 2. The number of fused-ring (bicyclic) bond motifs is 1. The number of pyridine rings is 1. The Morgan fingerprint density at radius 2 is 1.87 bits per heavy atom. The van der Waals surface area contributed by atoms with Crippen molar-refractivity contribution in [2.75, 3.05) is 0 Å². The van der Waals surface area contributed by atoms with Gasteiger partial charge in [0.05, 0.1) is 0 Å². The molecule has 0 aliphatic heterocycles. The Morgan fingerprint density at radius 1 is 1.09 bits per heavy atom. The summed E-state index contributed by atoms with van der Waals surface area (Å²) in [5.74, 6) is 0. The van der Waals surface area contributed by atoms with Gasteiger partial charge < -0.3 is 29.2 Å². The highest BCUT2D eigenvalue weighted by Crippen LogP contribution is 2.16. The minimum absolute atomic E-state index is 0. The van der Waals surface area contributed by atoms with Crippen molar-refractivity contribution in [2.45, 2.75) is 6.54 Å². The first-order valence-electron chi connectivity index (χ1n) is 6.89. The summed E-state index contributed by atoms with van der Waals surface area (Å²) in [6.07, 6.45) is 3.57. The lowest BCUT2D eigenvalue weighted by atomic mass is 10.0. The fraction of sp³-hybridized carbons (Fsp3) is 0.0556. The smallest absolute Gasteiger partial charge is 0.194 e. The second-order valence-electron chi connectivity index (χ2n) is 4.99. The Kier molecular flexibility index (Phi) is 5.66. The molecule has 0 aliphatic carbocycles. The average Bonchev–Trinajstić information content (AvgIpc) is 2.59. The standard InChI is InChI=1S/C18H13N3O.HI/c19-11-14-4-3-9-21(12-14)13-18(20-22)17-8-7-15-5-1-2-6-16(15)10-17;/h1-10,12H,13H2;1H/b20-18-;. The molecule has 0 aliphatic rings. The number of aromatic nitrogens is 1. The molecule has 1 heterocycles. The number of hydrogen-bond acceptors (Lipinski definition) is 3. The molecule has 1 aromatic heterocycles. The van der Waals surface area contributed by atoms with Gasteiger partial charge in [0.15, 0.2) is 24.7 Å². The van der Waals surface area contributed by atoms with Gasteiger partial charge in [-0.15, -0.1) is 0 Å². The van der Waals surface area contributed by atoms with E-state index in [1.165, 1.54) is 0 Å². The molecule has 114 valence electrons. The molecule has 0 fully saturated rings. The highest BCUT2D eigenvalue weighted by atomic mass is 127. The molecule has 0 bridgehead atoms. The third-order valence-electron chi connectivity index (χ3n) is 3.52. The summed E-state index contributed by atoms with van der Waals surface area (Å²) in [7, 11) is 0. The van der Waals surface area contributed by atoms with E-state index in [2.05, 4.69) is 11.2 Å². The first-order valence-corrected chi connectivity index (χ1v) is 6.89. The van der Waals surface area contributed by atoms with Crippen LogP contribution in [0.1, 0.15) is 11.1 Å². The molecule has 3 rings (SSSR count).